The third kappa shape index (κ3) is 3.07. The summed E-state index contributed by atoms with van der Waals surface area (Å²) in [5.74, 6) is -0.0641. The zero-order valence-electron chi connectivity index (χ0n) is 14.2. The van der Waals surface area contributed by atoms with Gasteiger partial charge in [-0.05, 0) is 36.6 Å². The third-order valence-electron chi connectivity index (χ3n) is 4.54. The lowest BCUT2D eigenvalue weighted by Crippen LogP contribution is -2.39. The van der Waals surface area contributed by atoms with Gasteiger partial charge in [0, 0.05) is 15.9 Å². The number of benzene rings is 1. The molecule has 1 aromatic carbocycles. The summed E-state index contributed by atoms with van der Waals surface area (Å²) in [4.78, 5) is 27.5. The van der Waals surface area contributed by atoms with Gasteiger partial charge in [-0.3, -0.25) is 4.79 Å². The van der Waals surface area contributed by atoms with Crippen molar-refractivity contribution in [3.63, 3.8) is 0 Å². The number of hydrogen-bond acceptors (Lipinski definition) is 5. The second-order valence-electron chi connectivity index (χ2n) is 6.18. The summed E-state index contributed by atoms with van der Waals surface area (Å²) < 4.78 is 6.06. The van der Waals surface area contributed by atoms with Crippen LogP contribution in [-0.2, 0) is 17.7 Å². The van der Waals surface area contributed by atoms with Crippen LogP contribution in [-0.4, -0.2) is 30.1 Å². The van der Waals surface area contributed by atoms with Crippen molar-refractivity contribution >= 4 is 44.3 Å². The lowest BCUT2D eigenvalue weighted by atomic mass is 10.0. The fourth-order valence-corrected chi connectivity index (χ4v) is 5.05. The van der Waals surface area contributed by atoms with Crippen LogP contribution in [0.3, 0.4) is 0 Å². The second-order valence-corrected chi connectivity index (χ2v) is 8.21. The van der Waals surface area contributed by atoms with Gasteiger partial charge in [-0.15, -0.1) is 11.3 Å². The van der Waals surface area contributed by atoms with E-state index in [9.17, 15) is 9.59 Å². The van der Waals surface area contributed by atoms with E-state index in [-0.39, 0.29) is 18.2 Å². The van der Waals surface area contributed by atoms with Crippen molar-refractivity contribution in [3.05, 3.63) is 50.3 Å². The number of fused-ring (bicyclic) bond motifs is 3. The van der Waals surface area contributed by atoms with Gasteiger partial charge in [0.05, 0.1) is 18.7 Å². The summed E-state index contributed by atoms with van der Waals surface area (Å²) in [6.45, 7) is 3.22. The van der Waals surface area contributed by atoms with Crippen molar-refractivity contribution < 1.29 is 14.3 Å². The normalized spacial score (nSPS) is 18.5. The number of ether oxygens (including phenoxy) is 1. The molecule has 0 aliphatic carbocycles. The molecule has 0 saturated carbocycles. The number of nitrogens with one attached hydrogen (secondary N) is 2. The molecule has 26 heavy (non-hydrogen) atoms. The van der Waals surface area contributed by atoms with Gasteiger partial charge in [0.15, 0.2) is 0 Å². The summed E-state index contributed by atoms with van der Waals surface area (Å²) in [6.07, 6.45) is 0.0964. The Bertz CT molecular complexity index is 883. The Morgan fingerprint density at radius 1 is 1.42 bits per heavy atom. The van der Waals surface area contributed by atoms with Gasteiger partial charge < -0.3 is 20.3 Å². The van der Waals surface area contributed by atoms with Crippen molar-refractivity contribution in [2.75, 3.05) is 18.5 Å². The Morgan fingerprint density at radius 3 is 3.04 bits per heavy atom. The smallest absolute Gasteiger partial charge is 0.410 e. The maximum Gasteiger partial charge on any atom is 0.410 e. The van der Waals surface area contributed by atoms with Crippen LogP contribution >= 0.6 is 27.3 Å². The van der Waals surface area contributed by atoms with Crippen LogP contribution in [0.2, 0.25) is 0 Å². The van der Waals surface area contributed by atoms with Crippen LogP contribution in [0.4, 0.5) is 9.80 Å². The van der Waals surface area contributed by atoms with E-state index in [0.717, 1.165) is 31.0 Å². The van der Waals surface area contributed by atoms with Gasteiger partial charge in [-0.1, -0.05) is 28.1 Å². The molecule has 4 rings (SSSR count). The first-order valence-electron chi connectivity index (χ1n) is 8.46. The first-order chi connectivity index (χ1) is 12.6. The molecule has 0 unspecified atom stereocenters. The number of hydrogen-bond donors (Lipinski definition) is 2. The number of anilines is 1. The van der Waals surface area contributed by atoms with Gasteiger partial charge in [-0.2, -0.15) is 0 Å². The van der Waals surface area contributed by atoms with E-state index in [0.29, 0.717) is 26.1 Å². The minimum Gasteiger partial charge on any atom is -0.450 e. The average Bonchev–Trinajstić information content (AvgIpc) is 2.99. The van der Waals surface area contributed by atoms with Crippen LogP contribution in [0.15, 0.2) is 28.7 Å². The predicted molar refractivity (Wildman–Crippen MR) is 103 cm³/mol. The molecular weight excluding hydrogens is 418 g/mol. The number of carbonyl (C=O) groups excluding carboxylic acids is 2. The fourth-order valence-electron chi connectivity index (χ4n) is 3.34. The monoisotopic (exact) mass is 435 g/mol. The number of rotatable bonds is 2. The lowest BCUT2D eigenvalue weighted by molar-refractivity contribution is 0.0934. The molecule has 136 valence electrons. The molecule has 0 bridgehead atoms. The van der Waals surface area contributed by atoms with Crippen LogP contribution in [0.25, 0.3) is 0 Å². The van der Waals surface area contributed by atoms with E-state index in [1.54, 1.807) is 23.2 Å². The Balaban J connectivity index is 1.61. The molecule has 0 saturated heterocycles. The molecule has 0 fully saturated rings. The lowest BCUT2D eigenvalue weighted by Gasteiger charge is -2.28. The highest BCUT2D eigenvalue weighted by Crippen LogP contribution is 2.41. The molecule has 2 N–H and O–H groups in total. The predicted octanol–water partition coefficient (Wildman–Crippen LogP) is 3.88. The Labute approximate surface area is 163 Å². The summed E-state index contributed by atoms with van der Waals surface area (Å²) in [7, 11) is 0. The molecule has 6 nitrogen and oxygen atoms in total. The zero-order valence-corrected chi connectivity index (χ0v) is 16.6. The minimum absolute atomic E-state index is 0.0641. The standard InChI is InChI=1S/C18H18BrN3O3S/c1-2-25-18(24)22-7-6-12-13(9-22)26-17-14(12)16(23)20-15(21-17)10-4-3-5-11(19)8-10/h3-5,8,15,21H,2,6-7,9H2,1H3,(H,20,23)/t15-/m1/s1. The molecule has 2 aliphatic heterocycles. The van der Waals surface area contributed by atoms with Gasteiger partial charge in [0.2, 0.25) is 0 Å². The van der Waals surface area contributed by atoms with E-state index in [4.69, 9.17) is 4.74 Å². The first-order valence-corrected chi connectivity index (χ1v) is 10.1. The highest BCUT2D eigenvalue weighted by atomic mass is 79.9. The topological polar surface area (TPSA) is 70.7 Å². The van der Waals surface area contributed by atoms with E-state index < -0.39 is 0 Å². The molecule has 0 spiro atoms. The zero-order chi connectivity index (χ0) is 18.3. The third-order valence-corrected chi connectivity index (χ3v) is 6.18. The second kappa shape index (κ2) is 6.92. The average molecular weight is 436 g/mol. The molecule has 2 aromatic rings. The number of thiophene rings is 1. The quantitative estimate of drug-likeness (QED) is 0.750. The van der Waals surface area contributed by atoms with E-state index in [1.165, 1.54) is 0 Å². The molecule has 2 aliphatic rings. The number of amides is 2. The molecular formula is C18H18BrN3O3S. The van der Waals surface area contributed by atoms with Gasteiger partial charge in [0.1, 0.15) is 11.2 Å². The summed E-state index contributed by atoms with van der Waals surface area (Å²) >= 11 is 5.02. The van der Waals surface area contributed by atoms with E-state index >= 15 is 0 Å². The maximum absolute atomic E-state index is 12.7. The largest absolute Gasteiger partial charge is 0.450 e. The van der Waals surface area contributed by atoms with Crippen LogP contribution in [0.5, 0.6) is 0 Å². The summed E-state index contributed by atoms with van der Waals surface area (Å²) in [5, 5.41) is 7.34. The minimum atomic E-state index is -0.297. The molecule has 8 heteroatoms. The first kappa shape index (κ1) is 17.4. The van der Waals surface area contributed by atoms with E-state index in [1.807, 2.05) is 24.3 Å². The highest BCUT2D eigenvalue weighted by molar-refractivity contribution is 9.10. The number of nitrogens with zero attached hydrogens (tertiary/aromatic N) is 1. The molecule has 3 heterocycles. The molecule has 2 amide bonds. The van der Waals surface area contributed by atoms with Gasteiger partial charge in [-0.25, -0.2) is 4.79 Å². The summed E-state index contributed by atoms with van der Waals surface area (Å²) in [5.41, 5.74) is 2.75. The number of carbonyl (C=O) groups is 2. The highest BCUT2D eigenvalue weighted by Gasteiger charge is 2.34. The molecule has 0 radical (unpaired) electrons. The van der Waals surface area contributed by atoms with Crippen LogP contribution < -0.4 is 10.6 Å². The Kier molecular flexibility index (Phi) is 4.62. The van der Waals surface area contributed by atoms with Gasteiger partial charge in [0.25, 0.3) is 5.91 Å². The molecule has 1 aromatic heterocycles. The fraction of sp³-hybridized carbons (Fsp3) is 0.333. The van der Waals surface area contributed by atoms with Crippen molar-refractivity contribution in [1.29, 1.82) is 0 Å². The van der Waals surface area contributed by atoms with Crippen molar-refractivity contribution in [3.8, 4) is 0 Å². The maximum atomic E-state index is 12.7. The van der Waals surface area contributed by atoms with Crippen molar-refractivity contribution in [1.82, 2.24) is 10.2 Å². The van der Waals surface area contributed by atoms with Gasteiger partial charge >= 0.3 is 6.09 Å². The number of halogens is 1. The summed E-state index contributed by atoms with van der Waals surface area (Å²) in [6, 6.07) is 7.86. The Morgan fingerprint density at radius 2 is 2.27 bits per heavy atom. The van der Waals surface area contributed by atoms with E-state index in [2.05, 4.69) is 26.6 Å². The molecule has 1 atom stereocenters. The van der Waals surface area contributed by atoms with Crippen molar-refractivity contribution in [2.45, 2.75) is 26.1 Å². The van der Waals surface area contributed by atoms with Crippen LogP contribution in [0, 0.1) is 0 Å². The van der Waals surface area contributed by atoms with Crippen LogP contribution in [0.1, 0.15) is 39.5 Å². The SMILES string of the molecule is CCOC(=O)N1CCc2c(sc3c2C(=O)N[C@@H](c2cccc(Br)c2)N3)C1. The van der Waals surface area contributed by atoms with Crippen molar-refractivity contribution in [2.24, 2.45) is 0 Å². The Hall–Kier alpha value is -2.06.